The third-order valence-electron chi connectivity index (χ3n) is 4.47. The summed E-state index contributed by atoms with van der Waals surface area (Å²) in [5.74, 6) is 1.44. The van der Waals surface area contributed by atoms with Crippen LogP contribution in [0.2, 0.25) is 0 Å². The fourth-order valence-corrected chi connectivity index (χ4v) is 3.03. The Morgan fingerprint density at radius 2 is 2.11 bits per heavy atom. The van der Waals surface area contributed by atoms with Crippen molar-refractivity contribution in [1.82, 2.24) is 20.2 Å². The zero-order valence-corrected chi connectivity index (χ0v) is 15.1. The van der Waals surface area contributed by atoms with E-state index >= 15 is 0 Å². The Morgan fingerprint density at radius 3 is 2.81 bits per heavy atom. The number of aryl methyl sites for hydroxylation is 2. The van der Waals surface area contributed by atoms with Crippen LogP contribution < -0.4 is 10.4 Å². The minimum atomic E-state index is -0.389. The molecule has 0 atom stereocenters. The van der Waals surface area contributed by atoms with Gasteiger partial charge in [-0.2, -0.15) is 4.68 Å². The van der Waals surface area contributed by atoms with Crippen molar-refractivity contribution in [3.8, 4) is 11.4 Å². The average molecular weight is 365 g/mol. The van der Waals surface area contributed by atoms with Crippen LogP contribution in [0.5, 0.6) is 5.75 Å². The molecule has 4 rings (SSSR count). The van der Waals surface area contributed by atoms with E-state index in [1.807, 2.05) is 50.2 Å². The second kappa shape index (κ2) is 7.06. The van der Waals surface area contributed by atoms with Crippen molar-refractivity contribution in [3.05, 3.63) is 69.1 Å². The fourth-order valence-electron chi connectivity index (χ4n) is 3.03. The molecule has 0 unspecified atom stereocenters. The lowest BCUT2D eigenvalue weighted by Crippen LogP contribution is -2.18. The van der Waals surface area contributed by atoms with Gasteiger partial charge in [-0.3, -0.25) is 0 Å². The Morgan fingerprint density at radius 1 is 1.22 bits per heavy atom. The molecule has 0 aliphatic carbocycles. The van der Waals surface area contributed by atoms with Gasteiger partial charge in [-0.25, -0.2) is 14.9 Å². The van der Waals surface area contributed by atoms with Crippen LogP contribution in [0.3, 0.4) is 0 Å². The van der Waals surface area contributed by atoms with Gasteiger partial charge in [0.1, 0.15) is 19.0 Å². The maximum atomic E-state index is 11.9. The number of rotatable bonds is 5. The monoisotopic (exact) mass is 365 g/mol. The molecule has 1 aliphatic rings. The van der Waals surface area contributed by atoms with E-state index in [9.17, 15) is 4.79 Å². The van der Waals surface area contributed by atoms with Crippen LogP contribution in [0, 0.1) is 13.8 Å². The van der Waals surface area contributed by atoms with Crippen LogP contribution in [-0.2, 0) is 11.3 Å². The maximum absolute atomic E-state index is 11.9. The van der Waals surface area contributed by atoms with Gasteiger partial charge < -0.3 is 9.47 Å². The highest BCUT2D eigenvalue weighted by Crippen LogP contribution is 2.24. The first-order valence-electron chi connectivity index (χ1n) is 8.64. The SMILES string of the molecule is Cc1cc(C2=NCCO2)ccc1OCc1c(C)cccc1-n1nn[nH]c1=O. The van der Waals surface area contributed by atoms with Crippen molar-refractivity contribution in [1.29, 1.82) is 0 Å². The predicted octanol–water partition coefficient (Wildman–Crippen LogP) is 1.93. The van der Waals surface area contributed by atoms with Gasteiger partial charge in [-0.1, -0.05) is 12.1 Å². The minimum Gasteiger partial charge on any atom is -0.489 e. The topological polar surface area (TPSA) is 94.4 Å². The number of aliphatic imine (C=N–C) groups is 1. The standard InChI is InChI=1S/C19H19N5O3/c1-12-4-3-5-16(24-19(25)21-22-23-24)15(12)11-27-17-7-6-14(10-13(17)2)18-20-8-9-26-18/h3-7,10H,8-9,11H2,1-2H3,(H,21,23,25). The molecule has 0 bridgehead atoms. The number of aromatic amines is 1. The molecule has 8 nitrogen and oxygen atoms in total. The maximum Gasteiger partial charge on any atom is 0.365 e. The third kappa shape index (κ3) is 3.33. The number of hydrogen-bond donors (Lipinski definition) is 1. The van der Waals surface area contributed by atoms with Crippen molar-refractivity contribution in [2.45, 2.75) is 20.5 Å². The molecule has 27 heavy (non-hydrogen) atoms. The molecule has 0 saturated heterocycles. The van der Waals surface area contributed by atoms with Crippen LogP contribution in [0.4, 0.5) is 0 Å². The summed E-state index contributed by atoms with van der Waals surface area (Å²) in [5.41, 5.74) is 4.07. The van der Waals surface area contributed by atoms with Gasteiger partial charge >= 0.3 is 5.69 Å². The number of nitrogens with one attached hydrogen (secondary N) is 1. The van der Waals surface area contributed by atoms with Crippen LogP contribution in [0.25, 0.3) is 5.69 Å². The summed E-state index contributed by atoms with van der Waals surface area (Å²) in [7, 11) is 0. The first-order chi connectivity index (χ1) is 13.1. The third-order valence-corrected chi connectivity index (χ3v) is 4.47. The Kier molecular flexibility index (Phi) is 4.45. The molecule has 1 aromatic heterocycles. The summed E-state index contributed by atoms with van der Waals surface area (Å²) in [6.07, 6.45) is 0. The van der Waals surface area contributed by atoms with Gasteiger partial charge in [-0.05, 0) is 59.7 Å². The molecule has 3 aromatic rings. The molecule has 2 aromatic carbocycles. The molecule has 0 spiro atoms. The van der Waals surface area contributed by atoms with Gasteiger partial charge in [0.25, 0.3) is 0 Å². The number of ether oxygens (including phenoxy) is 2. The van der Waals surface area contributed by atoms with Crippen molar-refractivity contribution in [3.63, 3.8) is 0 Å². The normalized spacial score (nSPS) is 13.3. The van der Waals surface area contributed by atoms with Crippen LogP contribution in [-0.4, -0.2) is 39.3 Å². The molecule has 138 valence electrons. The lowest BCUT2D eigenvalue weighted by atomic mass is 10.1. The second-order valence-corrected chi connectivity index (χ2v) is 6.30. The smallest absolute Gasteiger partial charge is 0.365 e. The Balaban J connectivity index is 1.59. The zero-order valence-electron chi connectivity index (χ0n) is 15.1. The summed E-state index contributed by atoms with van der Waals surface area (Å²) in [6, 6.07) is 11.5. The second-order valence-electron chi connectivity index (χ2n) is 6.30. The quantitative estimate of drug-likeness (QED) is 0.745. The molecule has 0 fully saturated rings. The highest BCUT2D eigenvalue weighted by Gasteiger charge is 2.14. The van der Waals surface area contributed by atoms with Gasteiger partial charge in [0.2, 0.25) is 5.90 Å². The highest BCUT2D eigenvalue weighted by atomic mass is 16.5. The molecule has 1 aliphatic heterocycles. The van der Waals surface area contributed by atoms with Crippen molar-refractivity contribution >= 4 is 5.90 Å². The summed E-state index contributed by atoms with van der Waals surface area (Å²) in [4.78, 5) is 16.2. The van der Waals surface area contributed by atoms with Gasteiger partial charge in [0.05, 0.1) is 12.2 Å². The number of aromatic nitrogens is 4. The van der Waals surface area contributed by atoms with E-state index in [1.165, 1.54) is 4.68 Å². The summed E-state index contributed by atoms with van der Waals surface area (Å²) < 4.78 is 12.8. The molecular weight excluding hydrogens is 346 g/mol. The summed E-state index contributed by atoms with van der Waals surface area (Å²) >= 11 is 0. The largest absolute Gasteiger partial charge is 0.489 e. The number of benzene rings is 2. The van der Waals surface area contributed by atoms with Crippen molar-refractivity contribution < 1.29 is 9.47 Å². The minimum absolute atomic E-state index is 0.305. The van der Waals surface area contributed by atoms with E-state index < -0.39 is 0 Å². The van der Waals surface area contributed by atoms with E-state index in [2.05, 4.69) is 20.5 Å². The Labute approximate surface area is 155 Å². The molecule has 0 saturated carbocycles. The number of tetrazole rings is 1. The number of hydrogen-bond acceptors (Lipinski definition) is 6. The molecule has 0 radical (unpaired) electrons. The average Bonchev–Trinajstić information content (AvgIpc) is 3.33. The lowest BCUT2D eigenvalue weighted by molar-refractivity contribution is 0.302. The highest BCUT2D eigenvalue weighted by molar-refractivity contribution is 5.95. The van der Waals surface area contributed by atoms with Gasteiger partial charge in [0.15, 0.2) is 0 Å². The van der Waals surface area contributed by atoms with Crippen molar-refractivity contribution in [2.75, 3.05) is 13.2 Å². The molecule has 8 heteroatoms. The lowest BCUT2D eigenvalue weighted by Gasteiger charge is -2.14. The Hall–Kier alpha value is -3.42. The van der Waals surface area contributed by atoms with Crippen LogP contribution >= 0.6 is 0 Å². The van der Waals surface area contributed by atoms with E-state index in [0.29, 0.717) is 31.3 Å². The molecule has 1 N–H and O–H groups in total. The first-order valence-corrected chi connectivity index (χ1v) is 8.64. The van der Waals surface area contributed by atoms with Crippen LogP contribution in [0.1, 0.15) is 22.3 Å². The Bertz CT molecular complexity index is 1070. The van der Waals surface area contributed by atoms with E-state index in [1.54, 1.807) is 0 Å². The molecule has 0 amide bonds. The van der Waals surface area contributed by atoms with Gasteiger partial charge in [0, 0.05) is 11.1 Å². The number of H-pyrrole nitrogens is 1. The summed E-state index contributed by atoms with van der Waals surface area (Å²) in [5, 5.41) is 9.70. The van der Waals surface area contributed by atoms with E-state index in [4.69, 9.17) is 9.47 Å². The van der Waals surface area contributed by atoms with Gasteiger partial charge in [-0.15, -0.1) is 0 Å². The van der Waals surface area contributed by atoms with Crippen LogP contribution in [0.15, 0.2) is 46.2 Å². The van der Waals surface area contributed by atoms with Crippen molar-refractivity contribution in [2.24, 2.45) is 4.99 Å². The first kappa shape index (κ1) is 17.0. The number of nitrogens with zero attached hydrogens (tertiary/aromatic N) is 4. The van der Waals surface area contributed by atoms with E-state index in [0.717, 1.165) is 28.0 Å². The van der Waals surface area contributed by atoms with E-state index in [-0.39, 0.29) is 5.69 Å². The summed E-state index contributed by atoms with van der Waals surface area (Å²) in [6.45, 7) is 5.58. The molecular formula is C19H19N5O3. The fraction of sp³-hybridized carbons (Fsp3) is 0.263. The predicted molar refractivity (Wildman–Crippen MR) is 99.6 cm³/mol. The molecule has 2 heterocycles. The zero-order chi connectivity index (χ0) is 18.8.